The smallest absolute Gasteiger partial charge is 0.371 e. The number of carboxylic acid groups (broad SMARTS) is 1. The molecule has 0 unspecified atom stereocenters. The minimum absolute atomic E-state index is 0.0962. The summed E-state index contributed by atoms with van der Waals surface area (Å²) in [6.07, 6.45) is 1.76. The molecule has 0 aliphatic heterocycles. The van der Waals surface area contributed by atoms with Crippen molar-refractivity contribution in [2.24, 2.45) is 4.99 Å². The van der Waals surface area contributed by atoms with E-state index in [1.807, 2.05) is 37.3 Å². The zero-order chi connectivity index (χ0) is 20.1. The molecule has 144 valence electrons. The van der Waals surface area contributed by atoms with Crippen LogP contribution in [0.25, 0.3) is 0 Å². The summed E-state index contributed by atoms with van der Waals surface area (Å²) in [6.45, 7) is 2.15. The van der Waals surface area contributed by atoms with Crippen molar-refractivity contribution in [3.8, 4) is 11.5 Å². The fourth-order valence-electron chi connectivity index (χ4n) is 2.46. The van der Waals surface area contributed by atoms with Gasteiger partial charge in [0.05, 0.1) is 12.8 Å². The SMILES string of the molecule is COc1cc(C=Nc2ccc(I)c(C)c2)ccc1OCc1ccc(C(=O)O)o1. The number of benzene rings is 2. The van der Waals surface area contributed by atoms with Crippen LogP contribution in [0.3, 0.4) is 0 Å². The number of carboxylic acids is 1. The summed E-state index contributed by atoms with van der Waals surface area (Å²) < 4.78 is 17.5. The van der Waals surface area contributed by atoms with Crippen LogP contribution in [-0.2, 0) is 6.61 Å². The van der Waals surface area contributed by atoms with Crippen LogP contribution >= 0.6 is 22.6 Å². The summed E-state index contributed by atoms with van der Waals surface area (Å²) in [5.74, 6) is 0.253. The van der Waals surface area contributed by atoms with Crippen LogP contribution in [0, 0.1) is 10.5 Å². The predicted molar refractivity (Wildman–Crippen MR) is 114 cm³/mol. The summed E-state index contributed by atoms with van der Waals surface area (Å²) >= 11 is 2.29. The standard InChI is InChI=1S/C21H18INO5/c1-13-9-15(4-6-17(13)22)23-11-14-3-7-18(20(10-14)26-2)27-12-16-5-8-19(28-16)21(24)25/h3-11H,12H2,1-2H3,(H,24,25). The van der Waals surface area contributed by atoms with E-state index in [4.69, 9.17) is 19.0 Å². The molecule has 0 amide bonds. The van der Waals surface area contributed by atoms with Crippen LogP contribution < -0.4 is 9.47 Å². The van der Waals surface area contributed by atoms with Gasteiger partial charge in [-0.05, 0) is 89.2 Å². The number of aryl methyl sites for hydroxylation is 1. The third-order valence-corrected chi connectivity index (χ3v) is 5.14. The zero-order valence-corrected chi connectivity index (χ0v) is 17.5. The van der Waals surface area contributed by atoms with Crippen molar-refractivity contribution >= 4 is 40.5 Å². The van der Waals surface area contributed by atoms with Gasteiger partial charge < -0.3 is 19.0 Å². The Balaban J connectivity index is 1.71. The van der Waals surface area contributed by atoms with Crippen molar-refractivity contribution in [1.82, 2.24) is 0 Å². The summed E-state index contributed by atoms with van der Waals surface area (Å²) in [4.78, 5) is 15.4. The fourth-order valence-corrected chi connectivity index (χ4v) is 2.80. The molecule has 0 fully saturated rings. The molecule has 1 aromatic heterocycles. The molecule has 0 aliphatic carbocycles. The summed E-state index contributed by atoms with van der Waals surface area (Å²) in [7, 11) is 1.56. The first-order valence-corrected chi connectivity index (χ1v) is 9.47. The van der Waals surface area contributed by atoms with Gasteiger partial charge in [-0.1, -0.05) is 0 Å². The number of hydrogen-bond acceptors (Lipinski definition) is 5. The van der Waals surface area contributed by atoms with Crippen molar-refractivity contribution in [3.05, 3.63) is 74.7 Å². The summed E-state index contributed by atoms with van der Waals surface area (Å²) in [5.41, 5.74) is 2.93. The average Bonchev–Trinajstić information content (AvgIpc) is 3.17. The Hall–Kier alpha value is -2.81. The molecular formula is C21H18INO5. The average molecular weight is 491 g/mol. The fraction of sp³-hybridized carbons (Fsp3) is 0.143. The number of methoxy groups -OCH3 is 1. The van der Waals surface area contributed by atoms with Crippen LogP contribution in [0.1, 0.15) is 27.4 Å². The molecule has 0 atom stereocenters. The molecule has 0 bridgehead atoms. The lowest BCUT2D eigenvalue weighted by Gasteiger charge is -2.10. The maximum atomic E-state index is 10.9. The lowest BCUT2D eigenvalue weighted by molar-refractivity contribution is 0.0658. The van der Waals surface area contributed by atoms with Crippen LogP contribution in [0.15, 0.2) is 57.9 Å². The van der Waals surface area contributed by atoms with Crippen LogP contribution in [0.4, 0.5) is 5.69 Å². The second-order valence-electron chi connectivity index (χ2n) is 5.96. The summed E-state index contributed by atoms with van der Waals surface area (Å²) in [5, 5.41) is 8.89. The first-order valence-electron chi connectivity index (χ1n) is 8.39. The van der Waals surface area contributed by atoms with Gasteiger partial charge in [0.15, 0.2) is 11.5 Å². The van der Waals surface area contributed by atoms with Crippen LogP contribution in [-0.4, -0.2) is 24.4 Å². The molecular weight excluding hydrogens is 473 g/mol. The number of ether oxygens (including phenoxy) is 2. The van der Waals surface area contributed by atoms with E-state index in [2.05, 4.69) is 27.6 Å². The molecule has 6 nitrogen and oxygen atoms in total. The molecule has 0 saturated carbocycles. The van der Waals surface area contributed by atoms with Gasteiger partial charge in [-0.3, -0.25) is 4.99 Å². The zero-order valence-electron chi connectivity index (χ0n) is 15.3. The Morgan fingerprint density at radius 1 is 1.18 bits per heavy atom. The third-order valence-electron chi connectivity index (χ3n) is 3.93. The molecule has 3 aromatic rings. The van der Waals surface area contributed by atoms with Gasteiger partial charge in [0, 0.05) is 9.78 Å². The van der Waals surface area contributed by atoms with Gasteiger partial charge in [-0.25, -0.2) is 4.79 Å². The largest absolute Gasteiger partial charge is 0.493 e. The highest BCUT2D eigenvalue weighted by molar-refractivity contribution is 14.1. The van der Waals surface area contributed by atoms with E-state index in [9.17, 15) is 4.79 Å². The molecule has 0 saturated heterocycles. The van der Waals surface area contributed by atoms with E-state index in [0.29, 0.717) is 17.3 Å². The number of halogens is 1. The Morgan fingerprint density at radius 2 is 2.00 bits per heavy atom. The molecule has 0 spiro atoms. The van der Waals surface area contributed by atoms with Gasteiger partial charge >= 0.3 is 5.97 Å². The van der Waals surface area contributed by atoms with Gasteiger partial charge in [-0.2, -0.15) is 0 Å². The normalized spacial score (nSPS) is 11.0. The Bertz CT molecular complexity index is 1030. The highest BCUT2D eigenvalue weighted by Crippen LogP contribution is 2.29. The van der Waals surface area contributed by atoms with Crippen molar-refractivity contribution in [2.75, 3.05) is 7.11 Å². The van der Waals surface area contributed by atoms with Gasteiger partial charge in [0.1, 0.15) is 12.4 Å². The monoisotopic (exact) mass is 491 g/mol. The van der Waals surface area contributed by atoms with E-state index < -0.39 is 5.97 Å². The number of nitrogens with zero attached hydrogens (tertiary/aromatic N) is 1. The van der Waals surface area contributed by atoms with Crippen molar-refractivity contribution in [3.63, 3.8) is 0 Å². The van der Waals surface area contributed by atoms with E-state index in [0.717, 1.165) is 11.3 Å². The molecule has 7 heteroatoms. The van der Waals surface area contributed by atoms with E-state index >= 15 is 0 Å². The highest BCUT2D eigenvalue weighted by atomic mass is 127. The van der Waals surface area contributed by atoms with Crippen molar-refractivity contribution in [1.29, 1.82) is 0 Å². The van der Waals surface area contributed by atoms with Crippen molar-refractivity contribution < 1.29 is 23.8 Å². The molecule has 0 aliphatic rings. The number of aliphatic imine (C=N–C) groups is 1. The molecule has 1 N–H and O–H groups in total. The highest BCUT2D eigenvalue weighted by Gasteiger charge is 2.11. The second kappa shape index (κ2) is 8.92. The molecule has 0 radical (unpaired) electrons. The maximum Gasteiger partial charge on any atom is 0.371 e. The first-order chi connectivity index (χ1) is 13.5. The van der Waals surface area contributed by atoms with Gasteiger partial charge in [0.2, 0.25) is 5.76 Å². The Kier molecular flexibility index (Phi) is 6.35. The van der Waals surface area contributed by atoms with E-state index in [1.54, 1.807) is 25.5 Å². The van der Waals surface area contributed by atoms with Crippen molar-refractivity contribution in [2.45, 2.75) is 13.5 Å². The van der Waals surface area contributed by atoms with Gasteiger partial charge in [0.25, 0.3) is 0 Å². The topological polar surface area (TPSA) is 81.3 Å². The lowest BCUT2D eigenvalue weighted by atomic mass is 10.2. The van der Waals surface area contributed by atoms with E-state index in [1.165, 1.54) is 15.2 Å². The lowest BCUT2D eigenvalue weighted by Crippen LogP contribution is -1.98. The second-order valence-corrected chi connectivity index (χ2v) is 7.12. The minimum atomic E-state index is -1.12. The van der Waals surface area contributed by atoms with E-state index in [-0.39, 0.29) is 12.4 Å². The number of hydrogen-bond donors (Lipinski definition) is 1. The number of furan rings is 1. The molecule has 3 rings (SSSR count). The van der Waals surface area contributed by atoms with Gasteiger partial charge in [-0.15, -0.1) is 0 Å². The molecule has 28 heavy (non-hydrogen) atoms. The quantitative estimate of drug-likeness (QED) is 0.362. The number of aromatic carboxylic acids is 1. The minimum Gasteiger partial charge on any atom is -0.493 e. The predicted octanol–water partition coefficient (Wildman–Crippen LogP) is 5.23. The maximum absolute atomic E-state index is 10.9. The molecule has 1 heterocycles. The Labute approximate surface area is 176 Å². The Morgan fingerprint density at radius 3 is 2.68 bits per heavy atom. The summed E-state index contributed by atoms with van der Waals surface area (Å²) in [6, 6.07) is 14.5. The third kappa shape index (κ3) is 4.92. The molecule has 2 aromatic carbocycles. The van der Waals surface area contributed by atoms with Crippen LogP contribution in [0.2, 0.25) is 0 Å². The number of carbonyl (C=O) groups is 1. The number of rotatable bonds is 7. The van der Waals surface area contributed by atoms with Crippen LogP contribution in [0.5, 0.6) is 11.5 Å². The first kappa shape index (κ1) is 19.9.